The van der Waals surface area contributed by atoms with Crippen molar-refractivity contribution < 1.29 is 4.92 Å². The summed E-state index contributed by atoms with van der Waals surface area (Å²) in [6.07, 6.45) is 0. The summed E-state index contributed by atoms with van der Waals surface area (Å²) in [4.78, 5) is 10.3. The minimum Gasteiger partial charge on any atom is -0.374 e. The maximum Gasteiger partial charge on any atom is 0.293 e. The van der Waals surface area contributed by atoms with Gasteiger partial charge in [0.05, 0.1) is 17.2 Å². The van der Waals surface area contributed by atoms with Crippen LogP contribution in [0, 0.1) is 10.1 Å². The molecule has 1 aromatic heterocycles. The lowest BCUT2D eigenvalue weighted by Gasteiger charge is -2.05. The molecule has 1 aromatic carbocycles. The van der Waals surface area contributed by atoms with Gasteiger partial charge < -0.3 is 5.32 Å². The highest BCUT2D eigenvalue weighted by molar-refractivity contribution is 7.03. The number of nitro groups is 1. The Balaban J connectivity index is 2.17. The van der Waals surface area contributed by atoms with Crippen LogP contribution in [0.4, 0.5) is 11.4 Å². The van der Waals surface area contributed by atoms with Crippen molar-refractivity contribution in [2.75, 3.05) is 5.32 Å². The van der Waals surface area contributed by atoms with E-state index in [1.54, 1.807) is 17.5 Å². The lowest BCUT2D eigenvalue weighted by molar-refractivity contribution is -0.383. The highest BCUT2D eigenvalue weighted by atomic mass is 35.5. The van der Waals surface area contributed by atoms with E-state index in [4.69, 9.17) is 11.6 Å². The smallest absolute Gasteiger partial charge is 0.293 e. The zero-order valence-electron chi connectivity index (χ0n) is 8.46. The van der Waals surface area contributed by atoms with Crippen LogP contribution in [0.1, 0.15) is 5.69 Å². The number of nitro benzene ring substituents is 1. The van der Waals surface area contributed by atoms with Crippen LogP contribution in [0.5, 0.6) is 0 Å². The predicted octanol–water partition coefficient (Wildman–Crippen LogP) is 2.71. The zero-order chi connectivity index (χ0) is 12.3. The van der Waals surface area contributed by atoms with Crippen molar-refractivity contribution in [3.05, 3.63) is 44.4 Å². The second-order valence-corrected chi connectivity index (χ2v) is 4.21. The van der Waals surface area contributed by atoms with Crippen molar-refractivity contribution in [3.63, 3.8) is 0 Å². The van der Waals surface area contributed by atoms with Crippen LogP contribution >= 0.6 is 23.1 Å². The van der Waals surface area contributed by atoms with Gasteiger partial charge in [0, 0.05) is 16.5 Å². The van der Waals surface area contributed by atoms with Gasteiger partial charge in [-0.1, -0.05) is 16.1 Å². The van der Waals surface area contributed by atoms with Crippen LogP contribution in [0.3, 0.4) is 0 Å². The molecule has 2 aromatic rings. The molecule has 0 bridgehead atoms. The van der Waals surface area contributed by atoms with Gasteiger partial charge in [0.15, 0.2) is 0 Å². The molecule has 0 unspecified atom stereocenters. The maximum atomic E-state index is 10.8. The molecule has 0 radical (unpaired) electrons. The third kappa shape index (κ3) is 2.89. The van der Waals surface area contributed by atoms with Gasteiger partial charge in [-0.3, -0.25) is 10.1 Å². The van der Waals surface area contributed by atoms with Gasteiger partial charge in [-0.15, -0.1) is 5.10 Å². The summed E-state index contributed by atoms with van der Waals surface area (Å²) in [7, 11) is 0. The highest BCUT2D eigenvalue weighted by Crippen LogP contribution is 2.27. The molecule has 0 aliphatic heterocycles. The third-order valence-electron chi connectivity index (χ3n) is 2.02. The van der Waals surface area contributed by atoms with Crippen molar-refractivity contribution in [2.45, 2.75) is 6.54 Å². The summed E-state index contributed by atoms with van der Waals surface area (Å²) in [5.41, 5.74) is 1.09. The maximum absolute atomic E-state index is 10.8. The first-order valence-electron chi connectivity index (χ1n) is 4.60. The Morgan fingerprint density at radius 3 is 3.00 bits per heavy atom. The van der Waals surface area contributed by atoms with E-state index in [1.165, 1.54) is 17.6 Å². The van der Waals surface area contributed by atoms with E-state index in [0.29, 0.717) is 17.3 Å². The van der Waals surface area contributed by atoms with Gasteiger partial charge in [0.1, 0.15) is 5.69 Å². The van der Waals surface area contributed by atoms with Crippen molar-refractivity contribution in [1.29, 1.82) is 0 Å². The van der Waals surface area contributed by atoms with Gasteiger partial charge in [0.2, 0.25) is 0 Å². The predicted molar refractivity (Wildman–Crippen MR) is 65.3 cm³/mol. The fourth-order valence-corrected chi connectivity index (χ4v) is 1.87. The molecule has 17 heavy (non-hydrogen) atoms. The van der Waals surface area contributed by atoms with Crippen LogP contribution < -0.4 is 5.32 Å². The van der Waals surface area contributed by atoms with E-state index in [1.807, 2.05) is 0 Å². The number of rotatable bonds is 4. The van der Waals surface area contributed by atoms with Crippen molar-refractivity contribution in [3.8, 4) is 0 Å². The SMILES string of the molecule is O=[N+]([O-])c1cc(Cl)ccc1NCc1csnn1. The lowest BCUT2D eigenvalue weighted by Crippen LogP contribution is -2.02. The van der Waals surface area contributed by atoms with Crippen LogP contribution in [0.2, 0.25) is 5.02 Å². The molecule has 88 valence electrons. The van der Waals surface area contributed by atoms with Crippen LogP contribution in [-0.4, -0.2) is 14.5 Å². The van der Waals surface area contributed by atoms with Crippen LogP contribution in [0.15, 0.2) is 23.6 Å². The Bertz CT molecular complexity index is 532. The highest BCUT2D eigenvalue weighted by Gasteiger charge is 2.14. The van der Waals surface area contributed by atoms with E-state index < -0.39 is 4.92 Å². The van der Waals surface area contributed by atoms with Gasteiger partial charge >= 0.3 is 0 Å². The fraction of sp³-hybridized carbons (Fsp3) is 0.111. The number of hydrogen-bond acceptors (Lipinski definition) is 6. The van der Waals surface area contributed by atoms with Gasteiger partial charge in [-0.25, -0.2) is 0 Å². The molecule has 1 heterocycles. The molecule has 0 saturated heterocycles. The summed E-state index contributed by atoms with van der Waals surface area (Å²) < 4.78 is 3.70. The summed E-state index contributed by atoms with van der Waals surface area (Å²) in [6.45, 7) is 0.388. The molecule has 0 saturated carbocycles. The Hall–Kier alpha value is -1.73. The Labute approximate surface area is 106 Å². The van der Waals surface area contributed by atoms with Gasteiger partial charge in [0.25, 0.3) is 5.69 Å². The normalized spacial score (nSPS) is 10.2. The van der Waals surface area contributed by atoms with Crippen LogP contribution in [-0.2, 0) is 6.54 Å². The van der Waals surface area contributed by atoms with Gasteiger partial charge in [-0.2, -0.15) is 0 Å². The van der Waals surface area contributed by atoms with E-state index >= 15 is 0 Å². The monoisotopic (exact) mass is 270 g/mol. The van der Waals surface area contributed by atoms with Crippen LogP contribution in [0.25, 0.3) is 0 Å². The number of hydrogen-bond donors (Lipinski definition) is 1. The quantitative estimate of drug-likeness (QED) is 0.682. The fourth-order valence-electron chi connectivity index (χ4n) is 1.25. The number of nitrogens with zero attached hydrogens (tertiary/aromatic N) is 3. The minimum atomic E-state index is -0.479. The average molecular weight is 271 g/mol. The van der Waals surface area contributed by atoms with Gasteiger partial charge in [-0.05, 0) is 23.7 Å². The standard InChI is InChI=1S/C9H7ClN4O2S/c10-6-1-2-8(9(3-6)14(15)16)11-4-7-5-17-13-12-7/h1-3,5,11H,4H2. The Morgan fingerprint density at radius 2 is 2.35 bits per heavy atom. The molecular weight excluding hydrogens is 264 g/mol. The first kappa shape index (κ1) is 11.7. The topological polar surface area (TPSA) is 81.0 Å². The Morgan fingerprint density at radius 1 is 1.53 bits per heavy atom. The third-order valence-corrected chi connectivity index (χ3v) is 2.81. The van der Waals surface area contributed by atoms with E-state index in [9.17, 15) is 10.1 Å². The molecule has 0 spiro atoms. The molecule has 0 atom stereocenters. The van der Waals surface area contributed by atoms with Crippen molar-refractivity contribution in [2.24, 2.45) is 0 Å². The summed E-state index contributed by atoms with van der Waals surface area (Å²) in [5.74, 6) is 0. The largest absolute Gasteiger partial charge is 0.374 e. The molecule has 0 fully saturated rings. The number of anilines is 1. The number of nitrogens with one attached hydrogen (secondary N) is 1. The van der Waals surface area contributed by atoms with E-state index in [-0.39, 0.29) is 5.69 Å². The molecular formula is C9H7ClN4O2S. The first-order chi connectivity index (χ1) is 8.16. The lowest BCUT2D eigenvalue weighted by atomic mass is 10.2. The van der Waals surface area contributed by atoms with E-state index in [2.05, 4.69) is 14.9 Å². The molecule has 1 N–H and O–H groups in total. The zero-order valence-corrected chi connectivity index (χ0v) is 10.0. The Kier molecular flexibility index (Phi) is 3.50. The summed E-state index contributed by atoms with van der Waals surface area (Å²) >= 11 is 6.94. The number of benzene rings is 1. The number of halogens is 1. The molecule has 8 heteroatoms. The van der Waals surface area contributed by atoms with Crippen molar-refractivity contribution >= 4 is 34.5 Å². The second-order valence-electron chi connectivity index (χ2n) is 3.17. The summed E-state index contributed by atoms with van der Waals surface area (Å²) in [6, 6.07) is 4.47. The van der Waals surface area contributed by atoms with E-state index in [0.717, 1.165) is 5.69 Å². The molecule has 0 aliphatic carbocycles. The number of aromatic nitrogens is 2. The minimum absolute atomic E-state index is 0.0549. The van der Waals surface area contributed by atoms with Crippen molar-refractivity contribution in [1.82, 2.24) is 9.59 Å². The molecule has 6 nitrogen and oxygen atoms in total. The molecule has 0 amide bonds. The average Bonchev–Trinajstić information content (AvgIpc) is 2.80. The first-order valence-corrected chi connectivity index (χ1v) is 5.82. The molecule has 0 aliphatic rings. The second kappa shape index (κ2) is 5.07. The summed E-state index contributed by atoms with van der Waals surface area (Å²) in [5, 5.41) is 19.7. The molecule has 2 rings (SSSR count).